The van der Waals surface area contributed by atoms with E-state index >= 15 is 0 Å². The summed E-state index contributed by atoms with van der Waals surface area (Å²) < 4.78 is 36.5. The van der Waals surface area contributed by atoms with Gasteiger partial charge in [0.1, 0.15) is 5.69 Å². The van der Waals surface area contributed by atoms with Gasteiger partial charge in [-0.2, -0.15) is 0 Å². The lowest BCUT2D eigenvalue weighted by molar-refractivity contribution is 0.0499. The first-order chi connectivity index (χ1) is 6.04. The van der Waals surface area contributed by atoms with Crippen LogP contribution in [0.5, 0.6) is 0 Å². The number of nitrogens with one attached hydrogen (secondary N) is 1. The summed E-state index contributed by atoms with van der Waals surface area (Å²) in [6, 6.07) is 1.02. The van der Waals surface area contributed by atoms with Crippen molar-refractivity contribution in [3.8, 4) is 0 Å². The van der Waals surface area contributed by atoms with Gasteiger partial charge in [-0.3, -0.25) is 4.79 Å². The van der Waals surface area contributed by atoms with E-state index in [-0.39, 0.29) is 0 Å². The molecule has 0 aromatic carbocycles. The van der Waals surface area contributed by atoms with Gasteiger partial charge < -0.3 is 10.7 Å². The fourth-order valence-corrected chi connectivity index (χ4v) is 0.882. The Morgan fingerprint density at radius 3 is 2.54 bits per heavy atom. The van der Waals surface area contributed by atoms with Crippen molar-refractivity contribution in [3.63, 3.8) is 0 Å². The van der Waals surface area contributed by atoms with Gasteiger partial charge in [-0.1, -0.05) is 0 Å². The lowest BCUT2D eigenvalue weighted by Gasteiger charge is -2.08. The number of anilines is 1. The van der Waals surface area contributed by atoms with Gasteiger partial charge in [-0.05, 0) is 6.07 Å². The maximum Gasteiger partial charge on any atom is 0.273 e. The van der Waals surface area contributed by atoms with E-state index in [1.165, 1.54) is 0 Å². The molecule has 3 N–H and O–H groups in total. The summed E-state index contributed by atoms with van der Waals surface area (Å²) in [6.45, 7) is 0. The molecule has 72 valence electrons. The molecular weight excluding hydrogens is 185 g/mol. The largest absolute Gasteiger partial charge is 0.394 e. The van der Waals surface area contributed by atoms with Crippen molar-refractivity contribution in [2.75, 3.05) is 5.73 Å². The lowest BCUT2D eigenvalue weighted by Crippen LogP contribution is -2.16. The summed E-state index contributed by atoms with van der Waals surface area (Å²) in [5.41, 5.74) is 3.36. The van der Waals surface area contributed by atoms with Crippen LogP contribution in [0.1, 0.15) is 11.7 Å². The average Bonchev–Trinajstić information content (AvgIpc) is 2.08. The highest BCUT2D eigenvalue weighted by molar-refractivity contribution is 5.45. The SMILES string of the molecule is Nc1c(C(F)C(F)F)cc[nH]c1=O. The predicted octanol–water partition coefficient (Wildman–Crippen LogP) is 1.23. The molecule has 0 aliphatic rings. The second-order valence-electron chi connectivity index (χ2n) is 2.41. The second kappa shape index (κ2) is 3.51. The molecule has 1 unspecified atom stereocenters. The number of pyridine rings is 1. The zero-order valence-electron chi connectivity index (χ0n) is 6.43. The van der Waals surface area contributed by atoms with E-state index in [4.69, 9.17) is 5.73 Å². The smallest absolute Gasteiger partial charge is 0.273 e. The molecule has 0 fully saturated rings. The monoisotopic (exact) mass is 192 g/mol. The van der Waals surface area contributed by atoms with E-state index in [0.717, 1.165) is 12.3 Å². The number of nitrogens with two attached hydrogens (primary N) is 1. The molecule has 1 rings (SSSR count). The first-order valence-electron chi connectivity index (χ1n) is 3.43. The van der Waals surface area contributed by atoms with E-state index in [9.17, 15) is 18.0 Å². The summed E-state index contributed by atoms with van der Waals surface area (Å²) in [6.07, 6.45) is -4.62. The number of alkyl halides is 3. The van der Waals surface area contributed by atoms with Crippen LogP contribution in [0, 0.1) is 0 Å². The second-order valence-corrected chi connectivity index (χ2v) is 2.41. The van der Waals surface area contributed by atoms with Crippen LogP contribution < -0.4 is 11.3 Å². The van der Waals surface area contributed by atoms with Crippen LogP contribution in [0.2, 0.25) is 0 Å². The molecule has 0 saturated heterocycles. The Kier molecular flexibility index (Phi) is 2.60. The van der Waals surface area contributed by atoms with Gasteiger partial charge in [-0.15, -0.1) is 0 Å². The Morgan fingerprint density at radius 1 is 1.38 bits per heavy atom. The molecule has 0 saturated carbocycles. The molecule has 1 aromatic rings. The average molecular weight is 192 g/mol. The standard InChI is InChI=1S/C7H7F3N2O/c8-4(6(9)10)3-1-2-12-7(13)5(3)11/h1-2,4,6H,11H2,(H,12,13). The molecule has 0 aliphatic heterocycles. The molecule has 0 radical (unpaired) electrons. The number of hydrogen-bond acceptors (Lipinski definition) is 2. The van der Waals surface area contributed by atoms with Crippen LogP contribution in [0.25, 0.3) is 0 Å². The van der Waals surface area contributed by atoms with Crippen LogP contribution in [0.3, 0.4) is 0 Å². The van der Waals surface area contributed by atoms with E-state index in [0.29, 0.717) is 0 Å². The fourth-order valence-electron chi connectivity index (χ4n) is 0.882. The lowest BCUT2D eigenvalue weighted by atomic mass is 10.1. The normalized spacial score (nSPS) is 13.2. The van der Waals surface area contributed by atoms with E-state index in [2.05, 4.69) is 4.98 Å². The summed E-state index contributed by atoms with van der Waals surface area (Å²) in [7, 11) is 0. The minimum absolute atomic E-state index is 0.473. The zero-order chi connectivity index (χ0) is 10.0. The summed E-state index contributed by atoms with van der Waals surface area (Å²) in [4.78, 5) is 12.9. The molecule has 1 heterocycles. The van der Waals surface area contributed by atoms with Crippen molar-refractivity contribution in [1.82, 2.24) is 4.98 Å². The number of aromatic amines is 1. The third-order valence-corrected chi connectivity index (χ3v) is 1.55. The summed E-state index contributed by atoms with van der Waals surface area (Å²) in [5, 5.41) is 0. The fraction of sp³-hybridized carbons (Fsp3) is 0.286. The number of halogens is 3. The summed E-state index contributed by atoms with van der Waals surface area (Å²) in [5.74, 6) is 0. The molecule has 1 atom stereocenters. The molecule has 0 spiro atoms. The number of rotatable bonds is 2. The molecule has 1 aromatic heterocycles. The van der Waals surface area contributed by atoms with Gasteiger partial charge in [0.25, 0.3) is 12.0 Å². The van der Waals surface area contributed by atoms with Gasteiger partial charge in [0.05, 0.1) is 0 Å². The van der Waals surface area contributed by atoms with Crippen molar-refractivity contribution in [3.05, 3.63) is 28.2 Å². The molecular formula is C7H7F3N2O. The third-order valence-electron chi connectivity index (χ3n) is 1.55. The minimum atomic E-state index is -3.18. The van der Waals surface area contributed by atoms with Crippen LogP contribution in [-0.4, -0.2) is 11.4 Å². The van der Waals surface area contributed by atoms with Gasteiger partial charge in [0.15, 0.2) is 6.17 Å². The number of H-pyrrole nitrogens is 1. The first-order valence-corrected chi connectivity index (χ1v) is 3.43. The highest BCUT2D eigenvalue weighted by Gasteiger charge is 2.24. The Hall–Kier alpha value is -1.46. The first kappa shape index (κ1) is 9.63. The number of aromatic nitrogens is 1. The molecule has 3 nitrogen and oxygen atoms in total. The molecule has 0 aliphatic carbocycles. The molecule has 0 bridgehead atoms. The predicted molar refractivity (Wildman–Crippen MR) is 41.3 cm³/mol. The van der Waals surface area contributed by atoms with E-state index in [1.807, 2.05) is 0 Å². The van der Waals surface area contributed by atoms with E-state index < -0.39 is 29.4 Å². The van der Waals surface area contributed by atoms with Gasteiger partial charge in [0, 0.05) is 11.8 Å². The topological polar surface area (TPSA) is 58.9 Å². The zero-order valence-corrected chi connectivity index (χ0v) is 6.43. The van der Waals surface area contributed by atoms with Crippen molar-refractivity contribution in [1.29, 1.82) is 0 Å². The van der Waals surface area contributed by atoms with Crippen molar-refractivity contribution >= 4 is 5.69 Å². The minimum Gasteiger partial charge on any atom is -0.394 e. The number of nitrogen functional groups attached to an aromatic ring is 1. The van der Waals surface area contributed by atoms with Crippen molar-refractivity contribution < 1.29 is 13.2 Å². The third kappa shape index (κ3) is 1.82. The van der Waals surface area contributed by atoms with E-state index in [1.54, 1.807) is 0 Å². The maximum absolute atomic E-state index is 12.7. The van der Waals surface area contributed by atoms with Crippen LogP contribution >= 0.6 is 0 Å². The Morgan fingerprint density at radius 2 is 2.00 bits per heavy atom. The van der Waals surface area contributed by atoms with Gasteiger partial charge in [0.2, 0.25) is 0 Å². The molecule has 13 heavy (non-hydrogen) atoms. The van der Waals surface area contributed by atoms with Crippen LogP contribution in [-0.2, 0) is 0 Å². The highest BCUT2D eigenvalue weighted by Crippen LogP contribution is 2.26. The Balaban J connectivity index is 3.15. The number of hydrogen-bond donors (Lipinski definition) is 2. The van der Waals surface area contributed by atoms with Gasteiger partial charge in [-0.25, -0.2) is 13.2 Å². The Bertz CT molecular complexity index is 350. The van der Waals surface area contributed by atoms with Crippen molar-refractivity contribution in [2.24, 2.45) is 0 Å². The summed E-state index contributed by atoms with van der Waals surface area (Å²) >= 11 is 0. The van der Waals surface area contributed by atoms with Crippen LogP contribution in [0.15, 0.2) is 17.1 Å². The quantitative estimate of drug-likeness (QED) is 0.740. The maximum atomic E-state index is 12.7. The highest BCUT2D eigenvalue weighted by atomic mass is 19.3. The van der Waals surface area contributed by atoms with Gasteiger partial charge >= 0.3 is 0 Å². The molecule has 6 heteroatoms. The van der Waals surface area contributed by atoms with Crippen molar-refractivity contribution in [2.45, 2.75) is 12.6 Å². The molecule has 0 amide bonds. The van der Waals surface area contributed by atoms with Crippen LogP contribution in [0.4, 0.5) is 18.9 Å². The Labute approximate surface area is 71.4 Å².